The zero-order valence-electron chi connectivity index (χ0n) is 16.0. The largest absolute Gasteiger partial charge is 0.0683 e. The smallest absolute Gasteiger partial charge is 0.0300 e. The summed E-state index contributed by atoms with van der Waals surface area (Å²) in [4.78, 5) is 0. The first-order valence-electron chi connectivity index (χ1n) is 9.59. The van der Waals surface area contributed by atoms with E-state index in [-0.39, 0.29) is 0 Å². The van der Waals surface area contributed by atoms with Gasteiger partial charge in [0, 0.05) is 0 Å². The fourth-order valence-electron chi connectivity index (χ4n) is 3.32. The van der Waals surface area contributed by atoms with Gasteiger partial charge in [-0.25, -0.2) is 0 Å². The van der Waals surface area contributed by atoms with Gasteiger partial charge < -0.3 is 0 Å². The molecule has 0 aromatic rings. The molecule has 1 aliphatic rings. The van der Waals surface area contributed by atoms with E-state index in [4.69, 9.17) is 0 Å². The molecule has 0 heterocycles. The first kappa shape index (κ1) is 22.3. The van der Waals surface area contributed by atoms with Gasteiger partial charge in [0.05, 0.1) is 0 Å². The second-order valence-corrected chi connectivity index (χ2v) is 6.55. The van der Waals surface area contributed by atoms with E-state index < -0.39 is 0 Å². The van der Waals surface area contributed by atoms with E-state index in [2.05, 4.69) is 27.7 Å². The van der Waals surface area contributed by atoms with Crippen LogP contribution in [-0.4, -0.2) is 0 Å². The fraction of sp³-hybridized carbons (Fsp3) is 1.00. The van der Waals surface area contributed by atoms with Crippen LogP contribution in [0.25, 0.3) is 0 Å². The van der Waals surface area contributed by atoms with Crippen LogP contribution in [0.5, 0.6) is 0 Å². The van der Waals surface area contributed by atoms with E-state index in [1.807, 2.05) is 27.7 Å². The fourth-order valence-corrected chi connectivity index (χ4v) is 3.32. The minimum Gasteiger partial charge on any atom is -0.0683 e. The first-order valence-corrected chi connectivity index (χ1v) is 9.59. The van der Waals surface area contributed by atoms with Crippen molar-refractivity contribution >= 4 is 0 Å². The molecule has 1 unspecified atom stereocenters. The molecule has 1 fully saturated rings. The van der Waals surface area contributed by atoms with E-state index in [0.717, 1.165) is 11.8 Å². The zero-order chi connectivity index (χ0) is 16.0. The Hall–Kier alpha value is 0. The predicted octanol–water partition coefficient (Wildman–Crippen LogP) is 7.86. The normalized spacial score (nSPS) is 17.4. The highest BCUT2D eigenvalue weighted by molar-refractivity contribution is 4.84. The molecule has 0 spiro atoms. The van der Waals surface area contributed by atoms with Crippen LogP contribution in [0.1, 0.15) is 113 Å². The van der Waals surface area contributed by atoms with E-state index in [9.17, 15) is 0 Å². The van der Waals surface area contributed by atoms with E-state index >= 15 is 0 Å². The van der Waals surface area contributed by atoms with Crippen molar-refractivity contribution in [3.63, 3.8) is 0 Å². The van der Waals surface area contributed by atoms with Crippen molar-refractivity contribution in [2.24, 2.45) is 17.3 Å². The highest BCUT2D eigenvalue weighted by Gasteiger charge is 2.34. The van der Waals surface area contributed by atoms with Gasteiger partial charge in [-0.15, -0.1) is 0 Å². The van der Waals surface area contributed by atoms with Gasteiger partial charge in [-0.3, -0.25) is 0 Å². The van der Waals surface area contributed by atoms with Crippen molar-refractivity contribution in [2.45, 2.75) is 113 Å². The van der Waals surface area contributed by atoms with Gasteiger partial charge in [-0.2, -0.15) is 0 Å². The Labute approximate surface area is 131 Å². The molecular formula is C20H44. The zero-order valence-corrected chi connectivity index (χ0v) is 16.0. The molecule has 124 valence electrons. The molecule has 1 saturated carbocycles. The van der Waals surface area contributed by atoms with Crippen LogP contribution in [-0.2, 0) is 0 Å². The molecule has 0 heteroatoms. The quantitative estimate of drug-likeness (QED) is 0.435. The molecule has 0 aromatic carbocycles. The molecule has 0 saturated heterocycles. The molecule has 0 aliphatic heterocycles. The molecule has 1 rings (SSSR count). The topological polar surface area (TPSA) is 0 Å². The van der Waals surface area contributed by atoms with Crippen LogP contribution >= 0.6 is 0 Å². The third kappa shape index (κ3) is 8.32. The number of hydrogen-bond acceptors (Lipinski definition) is 0. The van der Waals surface area contributed by atoms with E-state index in [1.165, 1.54) is 57.8 Å². The maximum Gasteiger partial charge on any atom is -0.0300 e. The van der Waals surface area contributed by atoms with Crippen LogP contribution in [0.15, 0.2) is 0 Å². The third-order valence-electron chi connectivity index (χ3n) is 5.17. The Morgan fingerprint density at radius 1 is 0.900 bits per heavy atom. The monoisotopic (exact) mass is 284 g/mol. The average Bonchev–Trinajstić information content (AvgIpc) is 2.52. The predicted molar refractivity (Wildman–Crippen MR) is 96.4 cm³/mol. The highest BCUT2D eigenvalue weighted by Crippen LogP contribution is 2.44. The van der Waals surface area contributed by atoms with Crippen LogP contribution < -0.4 is 0 Å². The van der Waals surface area contributed by atoms with Gasteiger partial charge in [-0.05, 0) is 30.1 Å². The summed E-state index contributed by atoms with van der Waals surface area (Å²) in [5.74, 6) is 1.90. The molecule has 1 atom stereocenters. The Kier molecular flexibility index (Phi) is 15.6. The SMILES string of the molecule is CC.CC.CCCCCC(C)C(C)(C)C1CCCCC1. The lowest BCUT2D eigenvalue weighted by Crippen LogP contribution is -2.32. The molecule has 0 N–H and O–H groups in total. The van der Waals surface area contributed by atoms with Gasteiger partial charge in [0.2, 0.25) is 0 Å². The summed E-state index contributed by atoms with van der Waals surface area (Å²) in [7, 11) is 0. The second kappa shape index (κ2) is 14.0. The van der Waals surface area contributed by atoms with Gasteiger partial charge in [-0.1, -0.05) is 100 Å². The van der Waals surface area contributed by atoms with Crippen molar-refractivity contribution in [1.29, 1.82) is 0 Å². The molecule has 0 radical (unpaired) electrons. The number of rotatable bonds is 6. The Bertz CT molecular complexity index is 174. The number of hydrogen-bond donors (Lipinski definition) is 0. The number of unbranched alkanes of at least 4 members (excludes halogenated alkanes) is 2. The summed E-state index contributed by atoms with van der Waals surface area (Å²) >= 11 is 0. The van der Waals surface area contributed by atoms with Gasteiger partial charge in [0.15, 0.2) is 0 Å². The lowest BCUT2D eigenvalue weighted by Gasteiger charge is -2.42. The lowest BCUT2D eigenvalue weighted by molar-refractivity contribution is 0.0854. The Balaban J connectivity index is 0. The van der Waals surface area contributed by atoms with Crippen LogP contribution in [0.3, 0.4) is 0 Å². The van der Waals surface area contributed by atoms with Crippen LogP contribution in [0, 0.1) is 17.3 Å². The van der Waals surface area contributed by atoms with Crippen LogP contribution in [0.4, 0.5) is 0 Å². The van der Waals surface area contributed by atoms with Gasteiger partial charge in [0.25, 0.3) is 0 Å². The molecule has 1 aliphatic carbocycles. The summed E-state index contributed by atoms with van der Waals surface area (Å²) in [6, 6.07) is 0. The standard InChI is InChI=1S/C16H32.2C2H6/c1-5-6-8-11-14(2)16(3,4)15-12-9-7-10-13-15;2*1-2/h14-15H,5-13H2,1-4H3;2*1-2H3. The summed E-state index contributed by atoms with van der Waals surface area (Å²) in [5.41, 5.74) is 0.578. The second-order valence-electron chi connectivity index (χ2n) is 6.55. The summed E-state index contributed by atoms with van der Waals surface area (Å²) in [5, 5.41) is 0. The summed E-state index contributed by atoms with van der Waals surface area (Å²) < 4.78 is 0. The van der Waals surface area contributed by atoms with Crippen molar-refractivity contribution in [3.8, 4) is 0 Å². The van der Waals surface area contributed by atoms with Crippen molar-refractivity contribution in [1.82, 2.24) is 0 Å². The minimum atomic E-state index is 0.578. The third-order valence-corrected chi connectivity index (χ3v) is 5.17. The van der Waals surface area contributed by atoms with E-state index in [0.29, 0.717) is 5.41 Å². The lowest BCUT2D eigenvalue weighted by atomic mass is 9.64. The first-order chi connectivity index (χ1) is 9.59. The van der Waals surface area contributed by atoms with Crippen molar-refractivity contribution in [3.05, 3.63) is 0 Å². The Morgan fingerprint density at radius 3 is 1.85 bits per heavy atom. The van der Waals surface area contributed by atoms with Crippen molar-refractivity contribution in [2.75, 3.05) is 0 Å². The molecule has 0 bridgehead atoms. The van der Waals surface area contributed by atoms with Gasteiger partial charge >= 0.3 is 0 Å². The molecule has 0 amide bonds. The average molecular weight is 285 g/mol. The molecule has 20 heavy (non-hydrogen) atoms. The molecule has 0 nitrogen and oxygen atoms in total. The molecule has 0 aromatic heterocycles. The van der Waals surface area contributed by atoms with E-state index in [1.54, 1.807) is 0 Å². The molecular weight excluding hydrogens is 240 g/mol. The van der Waals surface area contributed by atoms with Gasteiger partial charge in [0.1, 0.15) is 0 Å². The highest BCUT2D eigenvalue weighted by atomic mass is 14.4. The van der Waals surface area contributed by atoms with Crippen LogP contribution in [0.2, 0.25) is 0 Å². The van der Waals surface area contributed by atoms with Crippen molar-refractivity contribution < 1.29 is 0 Å². The maximum absolute atomic E-state index is 2.53. The Morgan fingerprint density at radius 2 is 1.40 bits per heavy atom. The maximum atomic E-state index is 2.53. The summed E-state index contributed by atoms with van der Waals surface area (Å²) in [6.45, 7) is 17.8. The summed E-state index contributed by atoms with van der Waals surface area (Å²) in [6.07, 6.45) is 13.1. The minimum absolute atomic E-state index is 0.578.